The summed E-state index contributed by atoms with van der Waals surface area (Å²) in [7, 11) is 0. The fourth-order valence-corrected chi connectivity index (χ4v) is 4.19. The van der Waals surface area contributed by atoms with E-state index in [2.05, 4.69) is 10.3 Å². The van der Waals surface area contributed by atoms with Gasteiger partial charge in [0.1, 0.15) is 11.4 Å². The van der Waals surface area contributed by atoms with Crippen molar-refractivity contribution in [1.29, 1.82) is 0 Å². The molecule has 0 aliphatic rings. The first-order chi connectivity index (χ1) is 14.3. The van der Waals surface area contributed by atoms with Gasteiger partial charge in [-0.15, -0.1) is 11.3 Å². The number of benzene rings is 1. The Kier molecular flexibility index (Phi) is 6.66. The number of carbonyl (C=O) groups is 2. The van der Waals surface area contributed by atoms with Crippen LogP contribution in [0.5, 0.6) is 0 Å². The van der Waals surface area contributed by atoms with E-state index in [1.54, 1.807) is 5.38 Å². The van der Waals surface area contributed by atoms with Crippen molar-refractivity contribution >= 4 is 39.1 Å². The molecule has 30 heavy (non-hydrogen) atoms. The van der Waals surface area contributed by atoms with E-state index in [1.165, 1.54) is 22.2 Å². The minimum absolute atomic E-state index is 0.194. The summed E-state index contributed by atoms with van der Waals surface area (Å²) in [6.07, 6.45) is 3.00. The molecule has 0 unspecified atom stereocenters. The van der Waals surface area contributed by atoms with Gasteiger partial charge >= 0.3 is 5.97 Å². The number of thiophene rings is 1. The lowest BCUT2D eigenvalue weighted by Crippen LogP contribution is -2.28. The van der Waals surface area contributed by atoms with Gasteiger partial charge in [0.05, 0.1) is 23.9 Å². The molecule has 3 aromatic rings. The Morgan fingerprint density at radius 1 is 1.20 bits per heavy atom. The minimum atomic E-state index is -0.540. The number of hydrogen-bond acceptors (Lipinski definition) is 6. The molecule has 1 N–H and O–H groups in total. The van der Waals surface area contributed by atoms with Gasteiger partial charge in [0.15, 0.2) is 0 Å². The molecule has 8 heteroatoms. The Hall–Kier alpha value is -3.00. The Morgan fingerprint density at radius 3 is 2.57 bits per heavy atom. The zero-order valence-corrected chi connectivity index (χ0v) is 18.4. The number of hydrogen-bond donors (Lipinski definition) is 1. The van der Waals surface area contributed by atoms with E-state index in [-0.39, 0.29) is 23.4 Å². The lowest BCUT2D eigenvalue weighted by Gasteiger charge is -2.13. The molecule has 0 spiro atoms. The van der Waals surface area contributed by atoms with Crippen LogP contribution in [0.1, 0.15) is 46.8 Å². The first-order valence-corrected chi connectivity index (χ1v) is 10.7. The van der Waals surface area contributed by atoms with Crippen LogP contribution >= 0.6 is 11.3 Å². The number of ether oxygens (including phenoxy) is 1. The van der Waals surface area contributed by atoms with Crippen LogP contribution in [0.25, 0.3) is 10.2 Å². The van der Waals surface area contributed by atoms with Gasteiger partial charge in [-0.3, -0.25) is 14.2 Å². The summed E-state index contributed by atoms with van der Waals surface area (Å²) in [4.78, 5) is 42.6. The Labute approximate surface area is 178 Å². The van der Waals surface area contributed by atoms with Gasteiger partial charge in [0.25, 0.3) is 5.56 Å². The maximum absolute atomic E-state index is 13.0. The third kappa shape index (κ3) is 4.59. The molecule has 0 saturated heterocycles. The Bertz CT molecular complexity index is 1140. The van der Waals surface area contributed by atoms with E-state index in [0.29, 0.717) is 11.4 Å². The zero-order chi connectivity index (χ0) is 21.8. The fourth-order valence-electron chi connectivity index (χ4n) is 3.33. The molecule has 0 saturated carbocycles. The van der Waals surface area contributed by atoms with Crippen LogP contribution in [0.3, 0.4) is 0 Å². The van der Waals surface area contributed by atoms with Crippen molar-refractivity contribution in [2.45, 2.75) is 47.1 Å². The number of esters is 1. The van der Waals surface area contributed by atoms with Crippen molar-refractivity contribution in [3.05, 3.63) is 56.4 Å². The highest BCUT2D eigenvalue weighted by Crippen LogP contribution is 2.23. The van der Waals surface area contributed by atoms with Gasteiger partial charge in [-0.25, -0.2) is 9.78 Å². The quantitative estimate of drug-likeness (QED) is 0.455. The van der Waals surface area contributed by atoms with E-state index >= 15 is 0 Å². The molecule has 0 bridgehead atoms. The van der Waals surface area contributed by atoms with E-state index in [9.17, 15) is 14.4 Å². The van der Waals surface area contributed by atoms with Gasteiger partial charge in [0.2, 0.25) is 5.91 Å². The van der Waals surface area contributed by atoms with E-state index in [4.69, 9.17) is 4.74 Å². The van der Waals surface area contributed by atoms with Crippen LogP contribution in [-0.4, -0.2) is 28.0 Å². The largest absolute Gasteiger partial charge is 0.462 e. The Morgan fingerprint density at radius 2 is 1.90 bits per heavy atom. The van der Waals surface area contributed by atoms with Crippen LogP contribution < -0.4 is 10.9 Å². The first-order valence-electron chi connectivity index (χ1n) is 9.83. The lowest BCUT2D eigenvalue weighted by molar-refractivity contribution is -0.116. The molecule has 0 atom stereocenters. The van der Waals surface area contributed by atoms with Gasteiger partial charge in [-0.2, -0.15) is 0 Å². The molecule has 0 fully saturated rings. The normalized spacial score (nSPS) is 10.9. The summed E-state index contributed by atoms with van der Waals surface area (Å²) in [5.41, 5.74) is 3.53. The van der Waals surface area contributed by atoms with E-state index in [0.717, 1.165) is 35.2 Å². The number of aromatic nitrogens is 2. The average molecular weight is 428 g/mol. The second-order valence-electron chi connectivity index (χ2n) is 7.32. The number of fused-ring (bicyclic) bond motifs is 1. The second-order valence-corrected chi connectivity index (χ2v) is 8.18. The number of aryl methyl sites for hydroxylation is 3. The highest BCUT2D eigenvalue weighted by molar-refractivity contribution is 7.17. The zero-order valence-electron chi connectivity index (χ0n) is 17.6. The van der Waals surface area contributed by atoms with Gasteiger partial charge < -0.3 is 10.1 Å². The number of nitrogens with zero attached hydrogens (tertiary/aromatic N) is 2. The van der Waals surface area contributed by atoms with Crippen molar-refractivity contribution in [1.82, 2.24) is 9.55 Å². The van der Waals surface area contributed by atoms with Crippen LogP contribution in [0.15, 0.2) is 28.6 Å². The molecule has 0 radical (unpaired) electrons. The third-order valence-corrected chi connectivity index (χ3v) is 5.65. The van der Waals surface area contributed by atoms with Gasteiger partial charge in [0, 0.05) is 11.1 Å². The molecule has 7 nitrogen and oxygen atoms in total. The van der Waals surface area contributed by atoms with Crippen molar-refractivity contribution in [2.24, 2.45) is 0 Å². The van der Waals surface area contributed by atoms with Crippen LogP contribution in [-0.2, 0) is 16.1 Å². The number of carbonyl (C=O) groups excluding carboxylic acids is 2. The van der Waals surface area contributed by atoms with Crippen molar-refractivity contribution in [3.8, 4) is 0 Å². The SMILES string of the molecule is CCCCOC(=O)c1csc2ncn(CC(=O)Nc3c(C)cc(C)cc3C)c(=O)c12. The first kappa shape index (κ1) is 21.7. The third-order valence-electron chi connectivity index (χ3n) is 4.77. The smallest absolute Gasteiger partial charge is 0.339 e. The molecule has 1 aromatic carbocycles. The van der Waals surface area contributed by atoms with Crippen molar-refractivity contribution in [3.63, 3.8) is 0 Å². The summed E-state index contributed by atoms with van der Waals surface area (Å²) in [5, 5.41) is 4.65. The fraction of sp³-hybridized carbons (Fsp3) is 0.364. The maximum Gasteiger partial charge on any atom is 0.339 e. The summed E-state index contributed by atoms with van der Waals surface area (Å²) in [6, 6.07) is 3.98. The highest BCUT2D eigenvalue weighted by Gasteiger charge is 2.19. The second kappa shape index (κ2) is 9.21. The number of anilines is 1. The molecule has 158 valence electrons. The van der Waals surface area contributed by atoms with Crippen molar-refractivity contribution in [2.75, 3.05) is 11.9 Å². The molecular weight excluding hydrogens is 402 g/mol. The molecule has 2 heterocycles. The number of amides is 1. The monoisotopic (exact) mass is 427 g/mol. The van der Waals surface area contributed by atoms with Crippen molar-refractivity contribution < 1.29 is 14.3 Å². The van der Waals surface area contributed by atoms with E-state index < -0.39 is 11.5 Å². The molecule has 1 amide bonds. The summed E-state index contributed by atoms with van der Waals surface area (Å²) < 4.78 is 6.45. The maximum atomic E-state index is 13.0. The predicted molar refractivity (Wildman–Crippen MR) is 118 cm³/mol. The number of nitrogens with one attached hydrogen (secondary N) is 1. The van der Waals surface area contributed by atoms with Gasteiger partial charge in [-0.05, 0) is 38.3 Å². The molecule has 2 aromatic heterocycles. The lowest BCUT2D eigenvalue weighted by atomic mass is 10.1. The average Bonchev–Trinajstić information content (AvgIpc) is 3.12. The molecular formula is C22H25N3O4S. The van der Waals surface area contributed by atoms with Crippen LogP contribution in [0.2, 0.25) is 0 Å². The Balaban J connectivity index is 1.84. The topological polar surface area (TPSA) is 90.3 Å². The van der Waals surface area contributed by atoms with Gasteiger partial charge in [-0.1, -0.05) is 31.0 Å². The minimum Gasteiger partial charge on any atom is -0.462 e. The van der Waals surface area contributed by atoms with Crippen LogP contribution in [0, 0.1) is 20.8 Å². The predicted octanol–water partition coefficient (Wildman–Crippen LogP) is 3.98. The van der Waals surface area contributed by atoms with E-state index in [1.807, 2.05) is 39.8 Å². The highest BCUT2D eigenvalue weighted by atomic mass is 32.1. The standard InChI is InChI=1S/C22H25N3O4S/c1-5-6-7-29-22(28)16-11-30-20-18(16)21(27)25(12-23-20)10-17(26)24-19-14(3)8-13(2)9-15(19)4/h8-9,11-12H,5-7,10H2,1-4H3,(H,24,26). The van der Waals surface area contributed by atoms with Crippen LogP contribution in [0.4, 0.5) is 5.69 Å². The summed E-state index contributed by atoms with van der Waals surface area (Å²) >= 11 is 1.21. The summed E-state index contributed by atoms with van der Waals surface area (Å²) in [5.74, 6) is -0.877. The molecule has 3 rings (SSSR count). The molecule has 0 aliphatic carbocycles. The summed E-state index contributed by atoms with van der Waals surface area (Å²) in [6.45, 7) is 7.96. The number of rotatable bonds is 7. The molecule has 0 aliphatic heterocycles. The number of unbranched alkanes of at least 4 members (excludes halogenated alkanes) is 1.